The summed E-state index contributed by atoms with van der Waals surface area (Å²) in [4.78, 5) is 5.85. The second-order valence-electron chi connectivity index (χ2n) is 5.38. The van der Waals surface area contributed by atoms with Crippen LogP contribution in [0.5, 0.6) is 0 Å². The fourth-order valence-corrected chi connectivity index (χ4v) is 3.01. The van der Waals surface area contributed by atoms with Gasteiger partial charge in [0.1, 0.15) is 0 Å². The number of aromatic amines is 1. The quantitative estimate of drug-likeness (QED) is 0.868. The molecule has 3 heteroatoms. The van der Waals surface area contributed by atoms with Crippen molar-refractivity contribution in [1.29, 1.82) is 0 Å². The van der Waals surface area contributed by atoms with Crippen molar-refractivity contribution in [3.63, 3.8) is 0 Å². The van der Waals surface area contributed by atoms with E-state index in [1.807, 2.05) is 0 Å². The van der Waals surface area contributed by atoms with E-state index in [1.165, 1.54) is 41.4 Å². The number of nitrogens with zero attached hydrogens (tertiary/aromatic N) is 1. The van der Waals surface area contributed by atoms with Crippen molar-refractivity contribution in [2.75, 3.05) is 13.6 Å². The van der Waals surface area contributed by atoms with Gasteiger partial charge in [0.05, 0.1) is 0 Å². The van der Waals surface area contributed by atoms with Gasteiger partial charge in [0.15, 0.2) is 0 Å². The van der Waals surface area contributed by atoms with E-state index in [1.54, 1.807) is 0 Å². The number of hydrogen-bond donors (Lipinski definition) is 2. The molecule has 2 aromatic rings. The van der Waals surface area contributed by atoms with Gasteiger partial charge in [0.25, 0.3) is 0 Å². The van der Waals surface area contributed by atoms with Crippen LogP contribution in [0.2, 0.25) is 0 Å². The van der Waals surface area contributed by atoms with E-state index in [9.17, 15) is 0 Å². The Balaban J connectivity index is 1.91. The molecule has 0 saturated carbocycles. The first-order valence-electron chi connectivity index (χ1n) is 6.77. The molecular formula is C15H21N3. The van der Waals surface area contributed by atoms with Crippen molar-refractivity contribution >= 4 is 10.9 Å². The van der Waals surface area contributed by atoms with E-state index in [2.05, 4.69) is 41.3 Å². The van der Waals surface area contributed by atoms with Crippen LogP contribution in [-0.4, -0.2) is 29.5 Å². The van der Waals surface area contributed by atoms with Gasteiger partial charge in [-0.05, 0) is 56.1 Å². The Morgan fingerprint density at radius 1 is 1.44 bits per heavy atom. The first-order chi connectivity index (χ1) is 8.78. The lowest BCUT2D eigenvalue weighted by Gasteiger charge is -2.18. The molecule has 0 radical (unpaired) electrons. The van der Waals surface area contributed by atoms with Gasteiger partial charge in [-0.15, -0.1) is 0 Å². The summed E-state index contributed by atoms with van der Waals surface area (Å²) in [5.74, 6) is 0. The topological polar surface area (TPSA) is 45.0 Å². The van der Waals surface area contributed by atoms with Gasteiger partial charge in [0.2, 0.25) is 0 Å². The molecule has 1 aromatic carbocycles. The van der Waals surface area contributed by atoms with E-state index in [-0.39, 0.29) is 0 Å². The second-order valence-corrected chi connectivity index (χ2v) is 5.38. The molecule has 3 nitrogen and oxygen atoms in total. The maximum absolute atomic E-state index is 5.73. The molecule has 1 aliphatic heterocycles. The number of likely N-dealkylation sites (tertiary alicyclic amines) is 1. The lowest BCUT2D eigenvalue weighted by Crippen LogP contribution is -2.26. The number of likely N-dealkylation sites (N-methyl/N-ethyl adjacent to an activating group) is 1. The minimum Gasteiger partial charge on any atom is -0.361 e. The predicted molar refractivity (Wildman–Crippen MR) is 75.5 cm³/mol. The molecule has 0 spiro atoms. The highest BCUT2D eigenvalue weighted by Crippen LogP contribution is 2.25. The van der Waals surface area contributed by atoms with E-state index < -0.39 is 0 Å². The van der Waals surface area contributed by atoms with Crippen LogP contribution >= 0.6 is 0 Å². The average molecular weight is 243 g/mol. The smallest absolute Gasteiger partial charge is 0.0457 e. The Morgan fingerprint density at radius 3 is 3.06 bits per heavy atom. The Hall–Kier alpha value is -1.32. The Labute approximate surface area is 108 Å². The van der Waals surface area contributed by atoms with Crippen LogP contribution in [0.3, 0.4) is 0 Å². The Morgan fingerprint density at radius 2 is 2.33 bits per heavy atom. The van der Waals surface area contributed by atoms with Crippen LogP contribution in [0.15, 0.2) is 24.4 Å². The van der Waals surface area contributed by atoms with Crippen LogP contribution < -0.4 is 5.73 Å². The van der Waals surface area contributed by atoms with Crippen molar-refractivity contribution in [2.24, 2.45) is 5.73 Å². The molecule has 0 amide bonds. The molecule has 1 atom stereocenters. The third-order valence-electron chi connectivity index (χ3n) is 4.19. The predicted octanol–water partition coefficient (Wildman–Crippen LogP) is 2.26. The monoisotopic (exact) mass is 243 g/mol. The largest absolute Gasteiger partial charge is 0.361 e. The van der Waals surface area contributed by atoms with Gasteiger partial charge in [-0.3, -0.25) is 0 Å². The molecule has 1 saturated heterocycles. The average Bonchev–Trinajstić information content (AvgIpc) is 2.97. The third-order valence-corrected chi connectivity index (χ3v) is 4.19. The fraction of sp³-hybridized carbons (Fsp3) is 0.467. The van der Waals surface area contributed by atoms with Gasteiger partial charge in [-0.2, -0.15) is 0 Å². The van der Waals surface area contributed by atoms with Crippen molar-refractivity contribution in [3.8, 4) is 0 Å². The summed E-state index contributed by atoms with van der Waals surface area (Å²) in [7, 11) is 2.23. The van der Waals surface area contributed by atoms with Crippen LogP contribution in [0.1, 0.15) is 24.0 Å². The van der Waals surface area contributed by atoms with Crippen molar-refractivity contribution in [2.45, 2.75) is 31.8 Å². The molecule has 3 N–H and O–H groups in total. The van der Waals surface area contributed by atoms with Crippen molar-refractivity contribution < 1.29 is 0 Å². The molecule has 18 heavy (non-hydrogen) atoms. The number of H-pyrrole nitrogens is 1. The molecule has 1 aromatic heterocycles. The number of aromatic nitrogens is 1. The molecule has 1 unspecified atom stereocenters. The summed E-state index contributed by atoms with van der Waals surface area (Å²) in [5, 5.41) is 1.35. The Bertz CT molecular complexity index is 544. The molecule has 3 rings (SSSR count). The van der Waals surface area contributed by atoms with Gasteiger partial charge in [-0.25, -0.2) is 0 Å². The van der Waals surface area contributed by atoms with Crippen LogP contribution in [0.25, 0.3) is 10.9 Å². The number of benzene rings is 1. The zero-order chi connectivity index (χ0) is 12.5. The summed E-state index contributed by atoms with van der Waals surface area (Å²) >= 11 is 0. The van der Waals surface area contributed by atoms with E-state index >= 15 is 0 Å². The van der Waals surface area contributed by atoms with Crippen LogP contribution in [-0.2, 0) is 13.0 Å². The second kappa shape index (κ2) is 4.75. The zero-order valence-corrected chi connectivity index (χ0v) is 10.9. The highest BCUT2D eigenvalue weighted by Gasteiger charge is 2.21. The maximum atomic E-state index is 5.73. The SMILES string of the molecule is CN1CCCC1Cc1c[nH]c2ccc(CN)cc12. The maximum Gasteiger partial charge on any atom is 0.0457 e. The molecule has 0 bridgehead atoms. The summed E-state index contributed by atoms with van der Waals surface area (Å²) in [5.41, 5.74) is 9.59. The minimum absolute atomic E-state index is 0.615. The van der Waals surface area contributed by atoms with Gasteiger partial charge < -0.3 is 15.6 Å². The van der Waals surface area contributed by atoms with E-state index in [4.69, 9.17) is 5.73 Å². The molecule has 0 aliphatic carbocycles. The molecule has 96 valence electrons. The summed E-state index contributed by atoms with van der Waals surface area (Å²) in [6, 6.07) is 7.17. The number of nitrogens with one attached hydrogen (secondary N) is 1. The standard InChI is InChI=1S/C15H21N3/c1-18-6-2-3-13(18)8-12-10-17-15-5-4-11(9-16)7-14(12)15/h4-5,7,10,13,17H,2-3,6,8-9,16H2,1H3. The van der Waals surface area contributed by atoms with Crippen LogP contribution in [0, 0.1) is 0 Å². The highest BCUT2D eigenvalue weighted by molar-refractivity contribution is 5.84. The normalized spacial score (nSPS) is 20.9. The van der Waals surface area contributed by atoms with Gasteiger partial charge in [0, 0.05) is 29.7 Å². The molecular weight excluding hydrogens is 222 g/mol. The molecule has 1 aliphatic rings. The number of nitrogens with two attached hydrogens (primary N) is 1. The number of rotatable bonds is 3. The lowest BCUT2D eigenvalue weighted by atomic mass is 10.0. The third kappa shape index (κ3) is 2.04. The van der Waals surface area contributed by atoms with Gasteiger partial charge in [-0.1, -0.05) is 6.07 Å². The summed E-state index contributed by atoms with van der Waals surface area (Å²) < 4.78 is 0. The first-order valence-corrected chi connectivity index (χ1v) is 6.77. The van der Waals surface area contributed by atoms with Gasteiger partial charge >= 0.3 is 0 Å². The van der Waals surface area contributed by atoms with E-state index in [0.29, 0.717) is 12.6 Å². The summed E-state index contributed by atoms with van der Waals surface area (Å²) in [6.07, 6.45) is 5.96. The fourth-order valence-electron chi connectivity index (χ4n) is 3.01. The zero-order valence-electron chi connectivity index (χ0n) is 10.9. The Kier molecular flexibility index (Phi) is 3.10. The minimum atomic E-state index is 0.615. The number of hydrogen-bond acceptors (Lipinski definition) is 2. The van der Waals surface area contributed by atoms with Crippen molar-refractivity contribution in [1.82, 2.24) is 9.88 Å². The lowest BCUT2D eigenvalue weighted by molar-refractivity contribution is 0.310. The van der Waals surface area contributed by atoms with Crippen LogP contribution in [0.4, 0.5) is 0 Å². The molecule has 2 heterocycles. The molecule has 1 fully saturated rings. The van der Waals surface area contributed by atoms with E-state index in [0.717, 1.165) is 6.42 Å². The number of fused-ring (bicyclic) bond motifs is 1. The summed E-state index contributed by atoms with van der Waals surface area (Å²) in [6.45, 7) is 1.85. The highest BCUT2D eigenvalue weighted by atomic mass is 15.1. The first kappa shape index (κ1) is 11.8. The van der Waals surface area contributed by atoms with Crippen molar-refractivity contribution in [3.05, 3.63) is 35.5 Å².